The summed E-state index contributed by atoms with van der Waals surface area (Å²) in [5.41, 5.74) is 2.29. The van der Waals surface area contributed by atoms with Crippen LogP contribution in [0.1, 0.15) is 30.7 Å². The van der Waals surface area contributed by atoms with Crippen molar-refractivity contribution >= 4 is 5.69 Å². The van der Waals surface area contributed by atoms with E-state index >= 15 is 0 Å². The van der Waals surface area contributed by atoms with Gasteiger partial charge in [-0.3, -0.25) is 0 Å². The molecule has 1 aromatic carbocycles. The molecule has 0 aromatic heterocycles. The van der Waals surface area contributed by atoms with Crippen LogP contribution in [-0.4, -0.2) is 19.8 Å². The van der Waals surface area contributed by atoms with E-state index in [2.05, 4.69) is 5.32 Å². The summed E-state index contributed by atoms with van der Waals surface area (Å²) in [6.45, 7) is 2.72. The van der Waals surface area contributed by atoms with Crippen LogP contribution in [-0.2, 0) is 4.74 Å². The lowest BCUT2D eigenvalue weighted by molar-refractivity contribution is 0.0568. The predicted molar refractivity (Wildman–Crippen MR) is 65.8 cm³/mol. The molecule has 3 heteroatoms. The molecule has 92 valence electrons. The summed E-state index contributed by atoms with van der Waals surface area (Å²) >= 11 is 0. The Morgan fingerprint density at radius 3 is 2.82 bits per heavy atom. The van der Waals surface area contributed by atoms with Crippen molar-refractivity contribution in [2.24, 2.45) is 5.92 Å². The van der Waals surface area contributed by atoms with Crippen LogP contribution in [0.4, 0.5) is 10.1 Å². The van der Waals surface area contributed by atoms with Gasteiger partial charge in [0.1, 0.15) is 5.82 Å². The predicted octanol–water partition coefficient (Wildman–Crippen LogP) is 3.15. The highest BCUT2D eigenvalue weighted by Gasteiger charge is 2.29. The Bertz CT molecular complexity index is 401. The van der Waals surface area contributed by atoms with Crippen LogP contribution in [0, 0.1) is 11.7 Å². The number of anilines is 1. The largest absolute Gasteiger partial charge is 0.385 e. The quantitative estimate of drug-likeness (QED) is 0.807. The van der Waals surface area contributed by atoms with Crippen molar-refractivity contribution < 1.29 is 9.13 Å². The molecule has 0 bridgehead atoms. The molecule has 0 amide bonds. The molecule has 1 saturated heterocycles. The van der Waals surface area contributed by atoms with Gasteiger partial charge < -0.3 is 10.1 Å². The average molecular weight is 235 g/mol. The number of nitrogens with one attached hydrogen (secondary N) is 1. The molecule has 17 heavy (non-hydrogen) atoms. The molecule has 2 nitrogen and oxygen atoms in total. The lowest BCUT2D eigenvalue weighted by atomic mass is 9.77. The number of benzene rings is 1. The third-order valence-electron chi connectivity index (χ3n) is 4.02. The second-order valence-electron chi connectivity index (χ2n) is 5.00. The van der Waals surface area contributed by atoms with Crippen LogP contribution in [0.15, 0.2) is 18.2 Å². The van der Waals surface area contributed by atoms with Crippen LogP contribution < -0.4 is 5.32 Å². The van der Waals surface area contributed by atoms with E-state index in [0.29, 0.717) is 11.8 Å². The van der Waals surface area contributed by atoms with Gasteiger partial charge in [-0.15, -0.1) is 0 Å². The summed E-state index contributed by atoms with van der Waals surface area (Å²) in [5.74, 6) is 1.04. The van der Waals surface area contributed by atoms with Crippen LogP contribution in [0.5, 0.6) is 0 Å². The van der Waals surface area contributed by atoms with Gasteiger partial charge in [0.25, 0.3) is 0 Å². The van der Waals surface area contributed by atoms with Crippen molar-refractivity contribution in [3.63, 3.8) is 0 Å². The van der Waals surface area contributed by atoms with Gasteiger partial charge >= 0.3 is 0 Å². The lowest BCUT2D eigenvalue weighted by Crippen LogP contribution is -2.27. The standard InChI is InChI=1S/C14H18FNO/c15-11-1-2-14-13(9-11)12(3-6-16-14)10-4-7-17-8-5-10/h1-2,9-10,12,16H,3-8H2. The van der Waals surface area contributed by atoms with Crippen molar-refractivity contribution in [3.05, 3.63) is 29.6 Å². The number of hydrogen-bond donors (Lipinski definition) is 1. The molecular weight excluding hydrogens is 217 g/mol. The maximum Gasteiger partial charge on any atom is 0.123 e. The van der Waals surface area contributed by atoms with E-state index in [1.54, 1.807) is 6.07 Å². The van der Waals surface area contributed by atoms with E-state index < -0.39 is 0 Å². The number of halogens is 1. The molecule has 1 unspecified atom stereocenters. The molecule has 0 aliphatic carbocycles. The van der Waals surface area contributed by atoms with Crippen LogP contribution in [0.25, 0.3) is 0 Å². The van der Waals surface area contributed by atoms with Crippen LogP contribution >= 0.6 is 0 Å². The second kappa shape index (κ2) is 4.65. The highest BCUT2D eigenvalue weighted by Crippen LogP contribution is 2.40. The first-order valence-corrected chi connectivity index (χ1v) is 6.45. The van der Waals surface area contributed by atoms with Crippen LogP contribution in [0.3, 0.4) is 0 Å². The molecule has 2 aliphatic heterocycles. The first-order valence-electron chi connectivity index (χ1n) is 6.45. The summed E-state index contributed by atoms with van der Waals surface area (Å²) in [6, 6.07) is 5.12. The Labute approximate surface area is 101 Å². The topological polar surface area (TPSA) is 21.3 Å². The Morgan fingerprint density at radius 2 is 2.00 bits per heavy atom. The Kier molecular flexibility index (Phi) is 3.02. The van der Waals surface area contributed by atoms with E-state index in [1.165, 1.54) is 11.6 Å². The maximum atomic E-state index is 13.4. The summed E-state index contributed by atoms with van der Waals surface area (Å²) in [6.07, 6.45) is 3.34. The second-order valence-corrected chi connectivity index (χ2v) is 5.00. The van der Waals surface area contributed by atoms with Crippen molar-refractivity contribution in [1.82, 2.24) is 0 Å². The number of fused-ring (bicyclic) bond motifs is 1. The van der Waals surface area contributed by atoms with E-state index in [4.69, 9.17) is 4.74 Å². The minimum Gasteiger partial charge on any atom is -0.385 e. The molecule has 0 radical (unpaired) electrons. The highest BCUT2D eigenvalue weighted by molar-refractivity contribution is 5.55. The summed E-state index contributed by atoms with van der Waals surface area (Å²) in [5, 5.41) is 3.36. The zero-order chi connectivity index (χ0) is 11.7. The average Bonchev–Trinajstić information content (AvgIpc) is 2.39. The molecule has 1 fully saturated rings. The van der Waals surface area contributed by atoms with E-state index in [0.717, 1.165) is 44.7 Å². The normalized spacial score (nSPS) is 25.1. The third-order valence-corrected chi connectivity index (χ3v) is 4.02. The summed E-state index contributed by atoms with van der Waals surface area (Å²) in [7, 11) is 0. The molecule has 1 aromatic rings. The number of hydrogen-bond acceptors (Lipinski definition) is 2. The molecule has 1 atom stereocenters. The monoisotopic (exact) mass is 235 g/mol. The SMILES string of the molecule is Fc1ccc2c(c1)C(C1CCOCC1)CCN2. The minimum absolute atomic E-state index is 0.121. The highest BCUT2D eigenvalue weighted by atomic mass is 19.1. The molecule has 2 aliphatic rings. The molecule has 2 heterocycles. The fourth-order valence-electron chi connectivity index (χ4n) is 3.13. The minimum atomic E-state index is -0.121. The van der Waals surface area contributed by atoms with Gasteiger partial charge in [0.15, 0.2) is 0 Å². The van der Waals surface area contributed by atoms with Gasteiger partial charge in [-0.2, -0.15) is 0 Å². The Morgan fingerprint density at radius 1 is 1.18 bits per heavy atom. The molecular formula is C14H18FNO. The third kappa shape index (κ3) is 2.16. The lowest BCUT2D eigenvalue weighted by Gasteiger charge is -2.35. The zero-order valence-electron chi connectivity index (χ0n) is 9.92. The number of ether oxygens (including phenoxy) is 1. The van der Waals surface area contributed by atoms with E-state index in [1.807, 2.05) is 6.07 Å². The van der Waals surface area contributed by atoms with E-state index in [9.17, 15) is 4.39 Å². The van der Waals surface area contributed by atoms with Gasteiger partial charge in [0, 0.05) is 25.4 Å². The maximum absolute atomic E-state index is 13.4. The van der Waals surface area contributed by atoms with Gasteiger partial charge in [-0.1, -0.05) is 0 Å². The van der Waals surface area contributed by atoms with Gasteiger partial charge in [-0.05, 0) is 54.9 Å². The fraction of sp³-hybridized carbons (Fsp3) is 0.571. The zero-order valence-corrected chi connectivity index (χ0v) is 9.92. The van der Waals surface area contributed by atoms with Crippen molar-refractivity contribution in [2.75, 3.05) is 25.1 Å². The molecule has 0 spiro atoms. The molecule has 3 rings (SSSR count). The first kappa shape index (κ1) is 11.0. The van der Waals surface area contributed by atoms with Gasteiger partial charge in [0.2, 0.25) is 0 Å². The Hall–Kier alpha value is -1.09. The smallest absolute Gasteiger partial charge is 0.123 e. The summed E-state index contributed by atoms with van der Waals surface area (Å²) < 4.78 is 18.8. The molecule has 0 saturated carbocycles. The van der Waals surface area contributed by atoms with Crippen molar-refractivity contribution in [1.29, 1.82) is 0 Å². The van der Waals surface area contributed by atoms with Crippen molar-refractivity contribution in [2.45, 2.75) is 25.2 Å². The molecule has 1 N–H and O–H groups in total. The summed E-state index contributed by atoms with van der Waals surface area (Å²) in [4.78, 5) is 0. The fourth-order valence-corrected chi connectivity index (χ4v) is 3.13. The number of rotatable bonds is 1. The van der Waals surface area contributed by atoms with Gasteiger partial charge in [-0.25, -0.2) is 4.39 Å². The van der Waals surface area contributed by atoms with Crippen molar-refractivity contribution in [3.8, 4) is 0 Å². The van der Waals surface area contributed by atoms with Crippen LogP contribution in [0.2, 0.25) is 0 Å². The first-order chi connectivity index (χ1) is 8.34. The van der Waals surface area contributed by atoms with E-state index in [-0.39, 0.29) is 5.82 Å². The Balaban J connectivity index is 1.89. The van der Waals surface area contributed by atoms with Gasteiger partial charge in [0.05, 0.1) is 0 Å².